The molecule has 2 heterocycles. The molecular formula is C23H22O8S2. The lowest BCUT2D eigenvalue weighted by molar-refractivity contribution is 0.0588. The highest BCUT2D eigenvalue weighted by atomic mass is 32.1. The number of ketones is 1. The number of benzene rings is 1. The highest BCUT2D eigenvalue weighted by Crippen LogP contribution is 2.49. The lowest BCUT2D eigenvalue weighted by Gasteiger charge is -2.15. The van der Waals surface area contributed by atoms with Crippen molar-refractivity contribution in [2.24, 2.45) is 0 Å². The summed E-state index contributed by atoms with van der Waals surface area (Å²) < 4.78 is 14.7. The van der Waals surface area contributed by atoms with Gasteiger partial charge in [0.25, 0.3) is 0 Å². The van der Waals surface area contributed by atoms with Crippen molar-refractivity contribution in [3.8, 4) is 17.2 Å². The second-order valence-corrected chi connectivity index (χ2v) is 9.51. The van der Waals surface area contributed by atoms with Gasteiger partial charge in [-0.2, -0.15) is 0 Å². The monoisotopic (exact) mass is 490 g/mol. The van der Waals surface area contributed by atoms with Gasteiger partial charge in [0.2, 0.25) is 0 Å². The first kappa shape index (κ1) is 24.3. The summed E-state index contributed by atoms with van der Waals surface area (Å²) in [5.41, 5.74) is 0.188. The van der Waals surface area contributed by atoms with Gasteiger partial charge < -0.3 is 24.4 Å². The van der Waals surface area contributed by atoms with Crippen molar-refractivity contribution in [3.05, 3.63) is 60.5 Å². The summed E-state index contributed by atoms with van der Waals surface area (Å²) in [6, 6.07) is 6.35. The first-order valence-corrected chi connectivity index (χ1v) is 11.3. The molecule has 1 aromatic carbocycles. The van der Waals surface area contributed by atoms with Crippen LogP contribution in [0.3, 0.4) is 0 Å². The van der Waals surface area contributed by atoms with Gasteiger partial charge in [-0.15, -0.1) is 22.7 Å². The Morgan fingerprint density at radius 2 is 1.21 bits per heavy atom. The number of esters is 2. The number of Topliss-reactive ketones (excluding diaryl/α,β-unsaturated/α-hetero) is 1. The number of carbonyl (C=O) groups excluding carboxylic acids is 3. The molecule has 2 N–H and O–H groups in total. The summed E-state index contributed by atoms with van der Waals surface area (Å²) in [5.74, 6) is -3.37. The van der Waals surface area contributed by atoms with Gasteiger partial charge >= 0.3 is 11.9 Å². The topological polar surface area (TPSA) is 119 Å². The maximum Gasteiger partial charge on any atom is 0.342 e. The van der Waals surface area contributed by atoms with Gasteiger partial charge in [-0.1, -0.05) is 0 Å². The van der Waals surface area contributed by atoms with Crippen LogP contribution in [0.5, 0.6) is 17.2 Å². The zero-order valence-corrected chi connectivity index (χ0v) is 20.2. The van der Waals surface area contributed by atoms with Crippen molar-refractivity contribution >= 4 is 40.4 Å². The Labute approximate surface area is 198 Å². The van der Waals surface area contributed by atoms with Crippen LogP contribution >= 0.6 is 22.7 Å². The molecule has 0 aliphatic carbocycles. The molecule has 8 nitrogen and oxygen atoms in total. The molecule has 10 heteroatoms. The third-order valence-electron chi connectivity index (χ3n) is 5.11. The molecule has 2 aromatic heterocycles. The predicted molar refractivity (Wildman–Crippen MR) is 123 cm³/mol. The molecule has 174 valence electrons. The molecule has 0 unspecified atom stereocenters. The van der Waals surface area contributed by atoms with Gasteiger partial charge in [0.15, 0.2) is 5.78 Å². The van der Waals surface area contributed by atoms with E-state index in [0.717, 1.165) is 22.7 Å². The van der Waals surface area contributed by atoms with Crippen LogP contribution < -0.4 is 4.74 Å². The quantitative estimate of drug-likeness (QED) is 0.369. The van der Waals surface area contributed by atoms with E-state index in [1.807, 2.05) is 0 Å². The Kier molecular flexibility index (Phi) is 7.09. The summed E-state index contributed by atoms with van der Waals surface area (Å²) >= 11 is 2.08. The van der Waals surface area contributed by atoms with E-state index < -0.39 is 35.1 Å². The SMILES string of the molecule is COC(=O)c1c(C)sc(C(C(=O)c2ccc(OC)cc2)c2sc(C)c(C(=O)OC)c2O)c1O. The smallest absolute Gasteiger partial charge is 0.342 e. The van der Waals surface area contributed by atoms with E-state index in [4.69, 9.17) is 14.2 Å². The van der Waals surface area contributed by atoms with Crippen molar-refractivity contribution < 1.29 is 38.8 Å². The molecule has 0 bridgehead atoms. The molecule has 0 aliphatic rings. The summed E-state index contributed by atoms with van der Waals surface area (Å²) in [5, 5.41) is 21.8. The van der Waals surface area contributed by atoms with E-state index in [2.05, 4.69) is 0 Å². The van der Waals surface area contributed by atoms with Crippen LogP contribution in [0.15, 0.2) is 24.3 Å². The van der Waals surface area contributed by atoms with Crippen LogP contribution in [0.2, 0.25) is 0 Å². The molecule has 0 amide bonds. The Morgan fingerprint density at radius 1 is 0.788 bits per heavy atom. The standard InChI is InChI=1S/C23H22O8S2/c1-10-14(22(27)30-4)18(25)20(32-10)16(17(24)12-6-8-13(29-3)9-7-12)21-19(26)15(11(2)33-21)23(28)31-5/h6-9,16,25-26H,1-5H3. The minimum Gasteiger partial charge on any atom is -0.506 e. The van der Waals surface area contributed by atoms with E-state index in [1.165, 1.54) is 21.3 Å². The molecule has 0 atom stereocenters. The van der Waals surface area contributed by atoms with Gasteiger partial charge in [-0.3, -0.25) is 4.79 Å². The highest BCUT2D eigenvalue weighted by Gasteiger charge is 2.37. The molecule has 0 spiro atoms. The van der Waals surface area contributed by atoms with Crippen LogP contribution in [0.4, 0.5) is 0 Å². The van der Waals surface area contributed by atoms with Crippen molar-refractivity contribution in [1.82, 2.24) is 0 Å². The van der Waals surface area contributed by atoms with Crippen LogP contribution in [0.25, 0.3) is 0 Å². The first-order chi connectivity index (χ1) is 15.7. The average Bonchev–Trinajstić information content (AvgIpc) is 3.27. The number of hydrogen-bond donors (Lipinski definition) is 2. The van der Waals surface area contributed by atoms with Gasteiger partial charge in [0, 0.05) is 15.3 Å². The van der Waals surface area contributed by atoms with E-state index in [1.54, 1.807) is 38.1 Å². The van der Waals surface area contributed by atoms with Crippen LogP contribution in [0, 0.1) is 13.8 Å². The van der Waals surface area contributed by atoms with E-state index in [0.29, 0.717) is 15.5 Å². The molecule has 0 saturated heterocycles. The molecule has 33 heavy (non-hydrogen) atoms. The number of ether oxygens (including phenoxy) is 3. The summed E-state index contributed by atoms with van der Waals surface area (Å²) in [6.45, 7) is 3.24. The second-order valence-electron chi connectivity index (χ2n) is 7.00. The fourth-order valence-electron chi connectivity index (χ4n) is 3.46. The lowest BCUT2D eigenvalue weighted by atomic mass is 9.92. The molecule has 0 aliphatic heterocycles. The van der Waals surface area contributed by atoms with Gasteiger partial charge in [-0.05, 0) is 38.1 Å². The number of rotatable bonds is 7. The molecule has 3 aromatic rings. The maximum atomic E-state index is 13.7. The van der Waals surface area contributed by atoms with Gasteiger partial charge in [0.05, 0.1) is 37.0 Å². The maximum absolute atomic E-state index is 13.7. The molecule has 3 rings (SSSR count). The minimum absolute atomic E-state index is 0.0500. The summed E-state index contributed by atoms with van der Waals surface area (Å²) in [7, 11) is 3.88. The Bertz CT molecular complexity index is 1150. The number of hydrogen-bond acceptors (Lipinski definition) is 10. The van der Waals surface area contributed by atoms with Gasteiger partial charge in [0.1, 0.15) is 28.4 Å². The van der Waals surface area contributed by atoms with Gasteiger partial charge in [-0.25, -0.2) is 9.59 Å². The average molecular weight is 491 g/mol. The largest absolute Gasteiger partial charge is 0.506 e. The fraction of sp³-hybridized carbons (Fsp3) is 0.261. The van der Waals surface area contributed by atoms with Crippen molar-refractivity contribution in [2.75, 3.05) is 21.3 Å². The fourth-order valence-corrected chi connectivity index (χ4v) is 5.85. The Hall–Kier alpha value is -3.37. The number of methoxy groups -OCH3 is 3. The summed E-state index contributed by atoms with van der Waals surface area (Å²) in [6.07, 6.45) is 0. The van der Waals surface area contributed by atoms with E-state index in [-0.39, 0.29) is 26.4 Å². The van der Waals surface area contributed by atoms with Crippen LogP contribution in [-0.4, -0.2) is 49.3 Å². The Balaban J connectivity index is 2.26. The predicted octanol–water partition coefficient (Wildman–Crippen LogP) is 4.43. The number of aryl methyl sites for hydroxylation is 2. The highest BCUT2D eigenvalue weighted by molar-refractivity contribution is 7.14. The second kappa shape index (κ2) is 9.63. The number of carbonyl (C=O) groups is 3. The van der Waals surface area contributed by atoms with Crippen LogP contribution in [0.1, 0.15) is 56.5 Å². The number of aromatic hydroxyl groups is 2. The zero-order chi connectivity index (χ0) is 24.4. The third-order valence-corrected chi connectivity index (χ3v) is 7.43. The van der Waals surface area contributed by atoms with Crippen LogP contribution in [-0.2, 0) is 9.47 Å². The normalized spacial score (nSPS) is 10.8. The van der Waals surface area contributed by atoms with E-state index >= 15 is 0 Å². The molecule has 0 radical (unpaired) electrons. The first-order valence-electron chi connectivity index (χ1n) is 9.65. The molecule has 0 fully saturated rings. The lowest BCUT2D eigenvalue weighted by Crippen LogP contribution is -2.13. The Morgan fingerprint density at radius 3 is 1.58 bits per heavy atom. The third kappa shape index (κ3) is 4.31. The summed E-state index contributed by atoms with van der Waals surface area (Å²) in [4.78, 5) is 39.3. The molecular weight excluding hydrogens is 468 g/mol. The van der Waals surface area contributed by atoms with Crippen molar-refractivity contribution in [2.45, 2.75) is 19.8 Å². The number of thiophene rings is 2. The minimum atomic E-state index is -1.18. The van der Waals surface area contributed by atoms with Crippen molar-refractivity contribution in [1.29, 1.82) is 0 Å². The van der Waals surface area contributed by atoms with E-state index in [9.17, 15) is 24.6 Å². The van der Waals surface area contributed by atoms with Crippen molar-refractivity contribution in [3.63, 3.8) is 0 Å². The molecule has 0 saturated carbocycles. The zero-order valence-electron chi connectivity index (χ0n) is 18.5.